The Hall–Kier alpha value is -1.07. The third-order valence-electron chi connectivity index (χ3n) is 2.90. The van der Waals surface area contributed by atoms with E-state index in [1.807, 2.05) is 44.9 Å². The number of nitrogen functional groups attached to an aromatic ring is 1. The number of likely N-dealkylation sites (N-methyl/N-ethyl adjacent to an activating group) is 1. The third-order valence-corrected chi connectivity index (χ3v) is 3.36. The largest absolute Gasteiger partial charge is 0.397 e. The number of nitrogens with one attached hydrogen (secondary N) is 1. The maximum Gasteiger partial charge on any atom is 0.238 e. The number of hydrogen-bond acceptors (Lipinski definition) is 3. The summed E-state index contributed by atoms with van der Waals surface area (Å²) in [5.41, 5.74) is 8.15. The van der Waals surface area contributed by atoms with Gasteiger partial charge in [0, 0.05) is 10.5 Å². The maximum atomic E-state index is 11.9. The average Bonchev–Trinajstić information content (AvgIpc) is 2.24. The molecule has 1 aromatic carbocycles. The van der Waals surface area contributed by atoms with Crippen molar-refractivity contribution < 1.29 is 4.79 Å². The molecule has 0 saturated heterocycles. The van der Waals surface area contributed by atoms with E-state index >= 15 is 0 Å². The van der Waals surface area contributed by atoms with Crippen molar-refractivity contribution in [3.8, 4) is 0 Å². The van der Waals surface area contributed by atoms with E-state index in [-0.39, 0.29) is 5.91 Å². The van der Waals surface area contributed by atoms with Gasteiger partial charge in [0.1, 0.15) is 0 Å². The lowest BCUT2D eigenvalue weighted by Gasteiger charge is -2.20. The van der Waals surface area contributed by atoms with Crippen LogP contribution in [-0.2, 0) is 4.79 Å². The Morgan fingerprint density at radius 1 is 1.50 bits per heavy atom. The molecule has 0 radical (unpaired) electrons. The van der Waals surface area contributed by atoms with Gasteiger partial charge in [-0.1, -0.05) is 15.9 Å². The number of anilines is 2. The summed E-state index contributed by atoms with van der Waals surface area (Å²) < 4.78 is 0.904. The summed E-state index contributed by atoms with van der Waals surface area (Å²) in [7, 11) is 1.92. The van der Waals surface area contributed by atoms with Crippen molar-refractivity contribution in [1.82, 2.24) is 4.90 Å². The molecule has 1 rings (SSSR count). The molecule has 0 aromatic heterocycles. The van der Waals surface area contributed by atoms with Crippen LogP contribution in [0, 0.1) is 6.92 Å². The SMILES string of the molecule is Cc1cc(Br)cc(NC(=O)CN(C)C(C)C)c1N. The maximum absolute atomic E-state index is 11.9. The van der Waals surface area contributed by atoms with Gasteiger partial charge in [0.05, 0.1) is 17.9 Å². The Bertz CT molecular complexity index is 446. The van der Waals surface area contributed by atoms with Crippen LogP contribution >= 0.6 is 15.9 Å². The summed E-state index contributed by atoms with van der Waals surface area (Å²) >= 11 is 3.39. The summed E-state index contributed by atoms with van der Waals surface area (Å²) in [6.07, 6.45) is 0. The smallest absolute Gasteiger partial charge is 0.238 e. The van der Waals surface area contributed by atoms with E-state index in [1.165, 1.54) is 0 Å². The lowest BCUT2D eigenvalue weighted by molar-refractivity contribution is -0.117. The number of aryl methyl sites for hydroxylation is 1. The van der Waals surface area contributed by atoms with Gasteiger partial charge in [0.2, 0.25) is 5.91 Å². The van der Waals surface area contributed by atoms with Crippen molar-refractivity contribution >= 4 is 33.2 Å². The number of nitrogens with zero attached hydrogens (tertiary/aromatic N) is 1. The van der Waals surface area contributed by atoms with Crippen LogP contribution in [-0.4, -0.2) is 30.4 Å². The summed E-state index contributed by atoms with van der Waals surface area (Å²) in [4.78, 5) is 13.8. The average molecular weight is 314 g/mol. The van der Waals surface area contributed by atoms with E-state index < -0.39 is 0 Å². The summed E-state index contributed by atoms with van der Waals surface area (Å²) in [5, 5.41) is 2.84. The van der Waals surface area contributed by atoms with Crippen molar-refractivity contribution in [2.75, 3.05) is 24.6 Å². The second-order valence-electron chi connectivity index (χ2n) is 4.74. The number of rotatable bonds is 4. The lowest BCUT2D eigenvalue weighted by Crippen LogP contribution is -2.34. The Morgan fingerprint density at radius 2 is 2.11 bits per heavy atom. The quantitative estimate of drug-likeness (QED) is 0.840. The van der Waals surface area contributed by atoms with E-state index in [1.54, 1.807) is 0 Å². The van der Waals surface area contributed by atoms with Crippen molar-refractivity contribution in [2.24, 2.45) is 0 Å². The molecular formula is C13H20BrN3O. The Balaban J connectivity index is 2.76. The van der Waals surface area contributed by atoms with Crippen LogP contribution in [0.15, 0.2) is 16.6 Å². The first kappa shape index (κ1) is 15.0. The molecule has 0 unspecified atom stereocenters. The number of halogens is 1. The zero-order valence-electron chi connectivity index (χ0n) is 11.2. The molecule has 0 atom stereocenters. The molecule has 4 nitrogen and oxygen atoms in total. The van der Waals surface area contributed by atoms with Gasteiger partial charge < -0.3 is 11.1 Å². The second-order valence-corrected chi connectivity index (χ2v) is 5.66. The zero-order chi connectivity index (χ0) is 13.9. The molecule has 3 N–H and O–H groups in total. The Morgan fingerprint density at radius 3 is 2.67 bits per heavy atom. The van der Waals surface area contributed by atoms with Gasteiger partial charge in [0.25, 0.3) is 0 Å². The molecule has 1 amide bonds. The Labute approximate surface area is 117 Å². The molecule has 0 heterocycles. The first-order valence-corrected chi connectivity index (χ1v) is 6.66. The molecule has 5 heteroatoms. The van der Waals surface area contributed by atoms with Crippen LogP contribution in [0.1, 0.15) is 19.4 Å². The van der Waals surface area contributed by atoms with Gasteiger partial charge in [0.15, 0.2) is 0 Å². The predicted octanol–water partition coefficient (Wildman–Crippen LogP) is 2.62. The minimum atomic E-state index is -0.0598. The van der Waals surface area contributed by atoms with Crippen LogP contribution in [0.25, 0.3) is 0 Å². The third kappa shape index (κ3) is 3.99. The van der Waals surface area contributed by atoms with Gasteiger partial charge in [-0.05, 0) is 45.5 Å². The molecule has 0 fully saturated rings. The zero-order valence-corrected chi connectivity index (χ0v) is 12.8. The van der Waals surface area contributed by atoms with E-state index in [0.717, 1.165) is 10.0 Å². The number of amides is 1. The van der Waals surface area contributed by atoms with Crippen molar-refractivity contribution in [3.63, 3.8) is 0 Å². The normalized spacial score (nSPS) is 11.1. The number of hydrogen-bond donors (Lipinski definition) is 2. The highest BCUT2D eigenvalue weighted by Gasteiger charge is 2.12. The lowest BCUT2D eigenvalue weighted by atomic mass is 10.1. The molecule has 0 aliphatic rings. The van der Waals surface area contributed by atoms with Crippen molar-refractivity contribution in [2.45, 2.75) is 26.8 Å². The van der Waals surface area contributed by atoms with Crippen molar-refractivity contribution in [3.05, 3.63) is 22.2 Å². The standard InChI is InChI=1S/C13H20BrN3O/c1-8(2)17(4)7-12(18)16-11-6-10(14)5-9(3)13(11)15/h5-6,8H,7,15H2,1-4H3,(H,16,18). The van der Waals surface area contributed by atoms with E-state index in [9.17, 15) is 4.79 Å². The highest BCUT2D eigenvalue weighted by atomic mass is 79.9. The number of carbonyl (C=O) groups excluding carboxylic acids is 1. The Kier molecular flexibility index (Phi) is 5.16. The molecule has 0 saturated carbocycles. The van der Waals surface area contributed by atoms with Gasteiger partial charge in [-0.3, -0.25) is 9.69 Å². The first-order valence-electron chi connectivity index (χ1n) is 5.87. The number of carbonyl (C=O) groups is 1. The van der Waals surface area contributed by atoms with E-state index in [0.29, 0.717) is 24.0 Å². The highest BCUT2D eigenvalue weighted by molar-refractivity contribution is 9.10. The molecule has 18 heavy (non-hydrogen) atoms. The fraction of sp³-hybridized carbons (Fsp3) is 0.462. The molecule has 100 valence electrons. The van der Waals surface area contributed by atoms with Crippen LogP contribution in [0.4, 0.5) is 11.4 Å². The van der Waals surface area contributed by atoms with Crippen LogP contribution in [0.5, 0.6) is 0 Å². The fourth-order valence-electron chi connectivity index (χ4n) is 1.46. The number of benzene rings is 1. The van der Waals surface area contributed by atoms with Crippen LogP contribution in [0.2, 0.25) is 0 Å². The second kappa shape index (κ2) is 6.20. The van der Waals surface area contributed by atoms with Gasteiger partial charge >= 0.3 is 0 Å². The minimum Gasteiger partial charge on any atom is -0.397 e. The van der Waals surface area contributed by atoms with Crippen LogP contribution < -0.4 is 11.1 Å². The predicted molar refractivity (Wildman–Crippen MR) is 79.7 cm³/mol. The van der Waals surface area contributed by atoms with E-state index in [4.69, 9.17) is 5.73 Å². The minimum absolute atomic E-state index is 0.0598. The molecule has 0 bridgehead atoms. The summed E-state index contributed by atoms with van der Waals surface area (Å²) in [6.45, 7) is 6.36. The van der Waals surface area contributed by atoms with Gasteiger partial charge in [-0.25, -0.2) is 0 Å². The van der Waals surface area contributed by atoms with Gasteiger partial charge in [-0.2, -0.15) is 0 Å². The summed E-state index contributed by atoms with van der Waals surface area (Å²) in [5.74, 6) is -0.0598. The van der Waals surface area contributed by atoms with Crippen LogP contribution in [0.3, 0.4) is 0 Å². The monoisotopic (exact) mass is 313 g/mol. The summed E-state index contributed by atoms with van der Waals surface area (Å²) in [6, 6.07) is 4.07. The van der Waals surface area contributed by atoms with Gasteiger partial charge in [-0.15, -0.1) is 0 Å². The molecular weight excluding hydrogens is 294 g/mol. The topological polar surface area (TPSA) is 58.4 Å². The molecule has 0 aliphatic carbocycles. The van der Waals surface area contributed by atoms with E-state index in [2.05, 4.69) is 21.2 Å². The first-order chi connectivity index (χ1) is 8.31. The van der Waals surface area contributed by atoms with Crippen molar-refractivity contribution in [1.29, 1.82) is 0 Å². The molecule has 1 aromatic rings. The fourth-order valence-corrected chi connectivity index (χ4v) is 2.03. The molecule has 0 aliphatic heterocycles. The highest BCUT2D eigenvalue weighted by Crippen LogP contribution is 2.27. The number of nitrogens with two attached hydrogens (primary N) is 1. The molecule has 0 spiro atoms.